The fourth-order valence-electron chi connectivity index (χ4n) is 4.47. The summed E-state index contributed by atoms with van der Waals surface area (Å²) in [5.74, 6) is 1.79. The van der Waals surface area contributed by atoms with Crippen molar-refractivity contribution < 1.29 is 9.53 Å². The van der Waals surface area contributed by atoms with Gasteiger partial charge in [0.1, 0.15) is 12.4 Å². The first-order chi connectivity index (χ1) is 12.8. The van der Waals surface area contributed by atoms with Crippen molar-refractivity contribution in [1.82, 2.24) is 4.90 Å². The van der Waals surface area contributed by atoms with Gasteiger partial charge in [-0.1, -0.05) is 43.2 Å². The van der Waals surface area contributed by atoms with Crippen LogP contribution in [0.1, 0.15) is 54.4 Å². The first-order valence-electron chi connectivity index (χ1n) is 9.89. The minimum absolute atomic E-state index is 0.204. The van der Waals surface area contributed by atoms with Crippen LogP contribution in [0.15, 0.2) is 54.6 Å². The van der Waals surface area contributed by atoms with Gasteiger partial charge in [0.25, 0.3) is 5.91 Å². The molecule has 1 heterocycles. The van der Waals surface area contributed by atoms with Crippen LogP contribution in [-0.4, -0.2) is 23.4 Å². The first-order valence-corrected chi connectivity index (χ1v) is 9.89. The maximum absolute atomic E-state index is 13.0. The molecular formula is C23H27NO2. The normalized spacial score (nSPS) is 20.5. The predicted octanol–water partition coefficient (Wildman–Crippen LogP) is 5.06. The summed E-state index contributed by atoms with van der Waals surface area (Å²) in [6.07, 6.45) is 7.59. The maximum atomic E-state index is 13.0. The molecule has 0 N–H and O–H groups in total. The number of carbonyl (C=O) groups is 1. The number of para-hydroxylation sites is 1. The lowest BCUT2D eigenvalue weighted by Crippen LogP contribution is -2.39. The third-order valence-electron chi connectivity index (χ3n) is 5.85. The zero-order valence-electron chi connectivity index (χ0n) is 15.3. The van der Waals surface area contributed by atoms with Gasteiger partial charge in [0.2, 0.25) is 0 Å². The largest absolute Gasteiger partial charge is 0.489 e. The van der Waals surface area contributed by atoms with Gasteiger partial charge >= 0.3 is 0 Å². The molecule has 2 aromatic rings. The summed E-state index contributed by atoms with van der Waals surface area (Å²) in [6, 6.07) is 18.2. The van der Waals surface area contributed by atoms with E-state index in [2.05, 4.69) is 4.90 Å². The second-order valence-electron chi connectivity index (χ2n) is 7.55. The second-order valence-corrected chi connectivity index (χ2v) is 7.55. The third-order valence-corrected chi connectivity index (χ3v) is 5.85. The summed E-state index contributed by atoms with van der Waals surface area (Å²) in [5.41, 5.74) is 1.89. The van der Waals surface area contributed by atoms with Gasteiger partial charge in [-0.3, -0.25) is 4.79 Å². The SMILES string of the molecule is O=C(c1ccc(COc2ccccc2)cc1)N1CCCC1C1CCCC1. The van der Waals surface area contributed by atoms with E-state index in [4.69, 9.17) is 4.74 Å². The molecule has 1 saturated heterocycles. The van der Waals surface area contributed by atoms with Crippen molar-refractivity contribution in [2.75, 3.05) is 6.54 Å². The molecule has 1 amide bonds. The van der Waals surface area contributed by atoms with Crippen molar-refractivity contribution in [3.05, 3.63) is 65.7 Å². The Balaban J connectivity index is 1.38. The highest BCUT2D eigenvalue weighted by molar-refractivity contribution is 5.94. The van der Waals surface area contributed by atoms with Crippen molar-refractivity contribution in [2.45, 2.75) is 51.2 Å². The van der Waals surface area contributed by atoms with Gasteiger partial charge in [0.05, 0.1) is 0 Å². The Morgan fingerprint density at radius 1 is 0.923 bits per heavy atom. The lowest BCUT2D eigenvalue weighted by Gasteiger charge is -2.29. The van der Waals surface area contributed by atoms with Gasteiger partial charge in [-0.05, 0) is 61.4 Å². The highest BCUT2D eigenvalue weighted by atomic mass is 16.5. The Kier molecular flexibility index (Phi) is 5.24. The average molecular weight is 349 g/mol. The van der Waals surface area contributed by atoms with Gasteiger partial charge in [0.15, 0.2) is 0 Å². The van der Waals surface area contributed by atoms with Gasteiger partial charge < -0.3 is 9.64 Å². The van der Waals surface area contributed by atoms with Crippen molar-refractivity contribution in [1.29, 1.82) is 0 Å². The monoisotopic (exact) mass is 349 g/mol. The molecule has 1 aliphatic carbocycles. The van der Waals surface area contributed by atoms with Crippen molar-refractivity contribution in [3.63, 3.8) is 0 Å². The molecule has 1 saturated carbocycles. The zero-order valence-corrected chi connectivity index (χ0v) is 15.3. The molecule has 2 fully saturated rings. The minimum atomic E-state index is 0.204. The summed E-state index contributed by atoms with van der Waals surface area (Å²) in [4.78, 5) is 15.1. The van der Waals surface area contributed by atoms with E-state index in [-0.39, 0.29) is 5.91 Å². The number of ether oxygens (including phenoxy) is 1. The number of nitrogens with zero attached hydrogens (tertiary/aromatic N) is 1. The molecule has 1 aliphatic heterocycles. The number of likely N-dealkylation sites (tertiary alicyclic amines) is 1. The lowest BCUT2D eigenvalue weighted by atomic mass is 9.95. The molecule has 136 valence electrons. The van der Waals surface area contributed by atoms with E-state index in [1.165, 1.54) is 32.1 Å². The standard InChI is InChI=1S/C23H27NO2/c25-23(24-16-6-11-22(24)19-7-4-5-8-19)20-14-12-18(13-15-20)17-26-21-9-2-1-3-10-21/h1-3,9-10,12-15,19,22H,4-8,11,16-17H2. The number of rotatable bonds is 5. The summed E-state index contributed by atoms with van der Waals surface area (Å²) in [6.45, 7) is 1.44. The van der Waals surface area contributed by atoms with Crippen LogP contribution in [0.4, 0.5) is 0 Å². The Morgan fingerprint density at radius 3 is 2.38 bits per heavy atom. The second kappa shape index (κ2) is 7.94. The molecule has 3 heteroatoms. The van der Waals surface area contributed by atoms with Crippen LogP contribution in [0.2, 0.25) is 0 Å². The summed E-state index contributed by atoms with van der Waals surface area (Å²) in [7, 11) is 0. The summed E-state index contributed by atoms with van der Waals surface area (Å²) < 4.78 is 5.78. The van der Waals surface area contributed by atoms with Crippen LogP contribution in [0, 0.1) is 5.92 Å². The number of benzene rings is 2. The van der Waals surface area contributed by atoms with Crippen LogP contribution in [0.25, 0.3) is 0 Å². The topological polar surface area (TPSA) is 29.5 Å². The Labute approximate surface area is 156 Å². The average Bonchev–Trinajstić information content (AvgIpc) is 3.38. The van der Waals surface area contributed by atoms with Gasteiger partial charge in [0, 0.05) is 18.2 Å². The smallest absolute Gasteiger partial charge is 0.254 e. The molecule has 3 nitrogen and oxygen atoms in total. The third kappa shape index (κ3) is 3.77. The fraction of sp³-hybridized carbons (Fsp3) is 0.435. The predicted molar refractivity (Wildman–Crippen MR) is 103 cm³/mol. The van der Waals surface area contributed by atoms with Gasteiger partial charge in [-0.25, -0.2) is 0 Å². The van der Waals surface area contributed by atoms with E-state index in [0.29, 0.717) is 12.6 Å². The number of carbonyl (C=O) groups excluding carboxylic acids is 1. The van der Waals surface area contributed by atoms with E-state index in [1.807, 2.05) is 54.6 Å². The van der Waals surface area contributed by atoms with Gasteiger partial charge in [-0.2, -0.15) is 0 Å². The van der Waals surface area contributed by atoms with E-state index >= 15 is 0 Å². The maximum Gasteiger partial charge on any atom is 0.254 e. The highest BCUT2D eigenvalue weighted by Gasteiger charge is 2.36. The molecule has 0 bridgehead atoms. The van der Waals surface area contributed by atoms with Gasteiger partial charge in [-0.15, -0.1) is 0 Å². The Morgan fingerprint density at radius 2 is 1.65 bits per heavy atom. The molecule has 0 aromatic heterocycles. The summed E-state index contributed by atoms with van der Waals surface area (Å²) >= 11 is 0. The molecule has 4 rings (SSSR count). The number of hydrogen-bond acceptors (Lipinski definition) is 2. The minimum Gasteiger partial charge on any atom is -0.489 e. The molecule has 2 aromatic carbocycles. The first kappa shape index (κ1) is 17.1. The van der Waals surface area contributed by atoms with Crippen LogP contribution in [0.3, 0.4) is 0 Å². The van der Waals surface area contributed by atoms with Crippen molar-refractivity contribution in [2.24, 2.45) is 5.92 Å². The molecular weight excluding hydrogens is 322 g/mol. The van der Waals surface area contributed by atoms with E-state index in [9.17, 15) is 4.79 Å². The molecule has 0 spiro atoms. The Hall–Kier alpha value is -2.29. The van der Waals surface area contributed by atoms with Crippen LogP contribution in [-0.2, 0) is 6.61 Å². The van der Waals surface area contributed by atoms with E-state index in [1.54, 1.807) is 0 Å². The fourth-order valence-corrected chi connectivity index (χ4v) is 4.47. The molecule has 26 heavy (non-hydrogen) atoms. The number of hydrogen-bond donors (Lipinski definition) is 0. The van der Waals surface area contributed by atoms with Crippen molar-refractivity contribution in [3.8, 4) is 5.75 Å². The number of amides is 1. The quantitative estimate of drug-likeness (QED) is 0.755. The summed E-state index contributed by atoms with van der Waals surface area (Å²) in [5, 5.41) is 0. The van der Waals surface area contributed by atoms with Crippen LogP contribution in [0.5, 0.6) is 5.75 Å². The van der Waals surface area contributed by atoms with Crippen molar-refractivity contribution >= 4 is 5.91 Å². The molecule has 2 aliphatic rings. The highest BCUT2D eigenvalue weighted by Crippen LogP contribution is 2.36. The Bertz CT molecular complexity index is 720. The zero-order chi connectivity index (χ0) is 17.8. The molecule has 1 atom stereocenters. The van der Waals surface area contributed by atoms with E-state index < -0.39 is 0 Å². The van der Waals surface area contributed by atoms with Crippen LogP contribution < -0.4 is 4.74 Å². The molecule has 0 radical (unpaired) electrons. The lowest BCUT2D eigenvalue weighted by molar-refractivity contribution is 0.0689. The van der Waals surface area contributed by atoms with Crippen LogP contribution >= 0.6 is 0 Å². The molecule has 1 unspecified atom stereocenters. The van der Waals surface area contributed by atoms with E-state index in [0.717, 1.165) is 35.8 Å².